The van der Waals surface area contributed by atoms with Crippen LogP contribution < -0.4 is 5.73 Å². The van der Waals surface area contributed by atoms with E-state index in [0.717, 1.165) is 18.6 Å². The molecule has 1 aliphatic rings. The van der Waals surface area contributed by atoms with Gasteiger partial charge in [0.25, 0.3) is 0 Å². The second-order valence-corrected chi connectivity index (χ2v) is 6.90. The number of thioether (sulfide) groups is 1. The van der Waals surface area contributed by atoms with E-state index in [-0.39, 0.29) is 11.2 Å². The summed E-state index contributed by atoms with van der Waals surface area (Å²) >= 11 is 1.98. The summed E-state index contributed by atoms with van der Waals surface area (Å²) in [6.07, 6.45) is 2.19. The molecule has 3 heteroatoms. The summed E-state index contributed by atoms with van der Waals surface area (Å²) < 4.78 is 6.05. The molecule has 1 aliphatic heterocycles. The minimum atomic E-state index is -0.0123. The van der Waals surface area contributed by atoms with Gasteiger partial charge in [-0.15, -0.1) is 0 Å². The Morgan fingerprint density at radius 2 is 2.00 bits per heavy atom. The average Bonchev–Trinajstić information content (AvgIpc) is 2.29. The van der Waals surface area contributed by atoms with Crippen LogP contribution in [0.4, 0.5) is 0 Å². The zero-order valence-corrected chi connectivity index (χ0v) is 11.5. The molecule has 2 unspecified atom stereocenters. The Kier molecular flexibility index (Phi) is 4.13. The van der Waals surface area contributed by atoms with Crippen molar-refractivity contribution in [3.63, 3.8) is 0 Å². The number of hydrogen-bond acceptors (Lipinski definition) is 3. The van der Waals surface area contributed by atoms with Crippen molar-refractivity contribution in [1.29, 1.82) is 0 Å². The molecule has 0 aliphatic carbocycles. The van der Waals surface area contributed by atoms with Gasteiger partial charge in [-0.2, -0.15) is 11.8 Å². The standard InChI is InChI=1S/C12H25NOS/c1-6-9(13)8-15-10-7-11(2,3)14-12(10,4)5/h9-10H,6-8,13H2,1-5H3. The minimum absolute atomic E-state index is 0.0123. The number of rotatable bonds is 4. The van der Waals surface area contributed by atoms with Gasteiger partial charge in [-0.1, -0.05) is 6.92 Å². The Balaban J connectivity index is 2.48. The second-order valence-electron chi connectivity index (χ2n) is 5.66. The molecule has 0 bridgehead atoms. The summed E-state index contributed by atoms with van der Waals surface area (Å²) in [7, 11) is 0. The lowest BCUT2D eigenvalue weighted by atomic mass is 10.0. The molecule has 15 heavy (non-hydrogen) atoms. The number of ether oxygens (including phenoxy) is 1. The van der Waals surface area contributed by atoms with Crippen LogP contribution in [0.5, 0.6) is 0 Å². The molecule has 0 saturated carbocycles. The predicted octanol–water partition coefficient (Wildman–Crippen LogP) is 2.80. The molecule has 0 aromatic heterocycles. The lowest BCUT2D eigenvalue weighted by molar-refractivity contribution is -0.0631. The summed E-state index contributed by atoms with van der Waals surface area (Å²) in [6.45, 7) is 10.9. The monoisotopic (exact) mass is 231 g/mol. The molecule has 1 heterocycles. The van der Waals surface area contributed by atoms with Crippen LogP contribution in [-0.2, 0) is 4.74 Å². The molecule has 2 atom stereocenters. The van der Waals surface area contributed by atoms with Crippen molar-refractivity contribution in [3.8, 4) is 0 Å². The lowest BCUT2D eigenvalue weighted by Crippen LogP contribution is -2.32. The Hall–Kier alpha value is 0.270. The molecule has 0 aromatic rings. The van der Waals surface area contributed by atoms with Crippen LogP contribution in [-0.4, -0.2) is 28.2 Å². The molecule has 0 radical (unpaired) electrons. The molecule has 2 nitrogen and oxygen atoms in total. The van der Waals surface area contributed by atoms with Gasteiger partial charge in [0.2, 0.25) is 0 Å². The van der Waals surface area contributed by atoms with E-state index in [2.05, 4.69) is 34.6 Å². The van der Waals surface area contributed by atoms with Gasteiger partial charge >= 0.3 is 0 Å². The van der Waals surface area contributed by atoms with E-state index in [4.69, 9.17) is 10.5 Å². The summed E-state index contributed by atoms with van der Waals surface area (Å²) in [5.74, 6) is 1.05. The van der Waals surface area contributed by atoms with Gasteiger partial charge < -0.3 is 10.5 Å². The first kappa shape index (κ1) is 13.3. The Bertz CT molecular complexity index is 216. The van der Waals surface area contributed by atoms with Crippen LogP contribution in [0, 0.1) is 0 Å². The molecular weight excluding hydrogens is 206 g/mol. The maximum atomic E-state index is 6.05. The second kappa shape index (κ2) is 4.64. The van der Waals surface area contributed by atoms with Gasteiger partial charge in [-0.3, -0.25) is 0 Å². The highest BCUT2D eigenvalue weighted by atomic mass is 32.2. The summed E-state index contributed by atoms with van der Waals surface area (Å²) in [5.41, 5.74) is 5.96. The molecule has 0 spiro atoms. The molecule has 90 valence electrons. The van der Waals surface area contributed by atoms with Gasteiger partial charge in [0, 0.05) is 17.0 Å². The van der Waals surface area contributed by atoms with Crippen LogP contribution in [0.2, 0.25) is 0 Å². The molecular formula is C12H25NOS. The van der Waals surface area contributed by atoms with Crippen LogP contribution in [0.15, 0.2) is 0 Å². The third-order valence-electron chi connectivity index (χ3n) is 3.03. The highest BCUT2D eigenvalue weighted by molar-refractivity contribution is 8.00. The van der Waals surface area contributed by atoms with E-state index >= 15 is 0 Å². The van der Waals surface area contributed by atoms with Crippen LogP contribution in [0.25, 0.3) is 0 Å². The third kappa shape index (κ3) is 3.65. The van der Waals surface area contributed by atoms with E-state index < -0.39 is 0 Å². The van der Waals surface area contributed by atoms with Crippen molar-refractivity contribution in [2.24, 2.45) is 5.73 Å². The van der Waals surface area contributed by atoms with Gasteiger partial charge in [-0.05, 0) is 40.5 Å². The molecule has 0 aromatic carbocycles. The highest BCUT2D eigenvalue weighted by Crippen LogP contribution is 2.43. The molecule has 1 saturated heterocycles. The first-order chi connectivity index (χ1) is 6.77. The van der Waals surface area contributed by atoms with E-state index in [9.17, 15) is 0 Å². The van der Waals surface area contributed by atoms with Crippen molar-refractivity contribution in [2.45, 2.75) is 70.0 Å². The van der Waals surface area contributed by atoms with Crippen LogP contribution in [0.3, 0.4) is 0 Å². The van der Waals surface area contributed by atoms with Gasteiger partial charge in [0.15, 0.2) is 0 Å². The van der Waals surface area contributed by atoms with Crippen LogP contribution in [0.1, 0.15) is 47.5 Å². The summed E-state index contributed by atoms with van der Waals surface area (Å²) in [6, 6.07) is 0.328. The first-order valence-electron chi connectivity index (χ1n) is 5.84. The Labute approximate surface area is 98.3 Å². The fraction of sp³-hybridized carbons (Fsp3) is 1.00. The molecule has 2 N–H and O–H groups in total. The van der Waals surface area contributed by atoms with Crippen molar-refractivity contribution < 1.29 is 4.74 Å². The molecule has 0 amide bonds. The molecule has 1 rings (SSSR count). The quantitative estimate of drug-likeness (QED) is 0.808. The smallest absolute Gasteiger partial charge is 0.0752 e. The van der Waals surface area contributed by atoms with E-state index in [0.29, 0.717) is 11.3 Å². The van der Waals surface area contributed by atoms with Gasteiger partial charge in [-0.25, -0.2) is 0 Å². The van der Waals surface area contributed by atoms with E-state index in [1.54, 1.807) is 0 Å². The van der Waals surface area contributed by atoms with Crippen molar-refractivity contribution in [1.82, 2.24) is 0 Å². The van der Waals surface area contributed by atoms with Crippen molar-refractivity contribution in [2.75, 3.05) is 5.75 Å². The summed E-state index contributed by atoms with van der Waals surface area (Å²) in [4.78, 5) is 0. The summed E-state index contributed by atoms with van der Waals surface area (Å²) in [5, 5.41) is 0.574. The minimum Gasteiger partial charge on any atom is -0.369 e. The Morgan fingerprint density at radius 3 is 2.40 bits per heavy atom. The normalized spacial score (nSPS) is 30.4. The molecule has 1 fully saturated rings. The fourth-order valence-corrected chi connectivity index (χ4v) is 3.81. The van der Waals surface area contributed by atoms with E-state index in [1.165, 1.54) is 0 Å². The Morgan fingerprint density at radius 1 is 1.40 bits per heavy atom. The maximum absolute atomic E-state index is 6.05. The fourth-order valence-electron chi connectivity index (χ4n) is 2.13. The SMILES string of the molecule is CCC(N)CSC1CC(C)(C)OC1(C)C. The topological polar surface area (TPSA) is 35.2 Å². The predicted molar refractivity (Wildman–Crippen MR) is 68.4 cm³/mol. The van der Waals surface area contributed by atoms with Crippen molar-refractivity contribution in [3.05, 3.63) is 0 Å². The average molecular weight is 231 g/mol. The maximum Gasteiger partial charge on any atom is 0.0752 e. The first-order valence-corrected chi connectivity index (χ1v) is 6.89. The number of hydrogen-bond donors (Lipinski definition) is 1. The third-order valence-corrected chi connectivity index (χ3v) is 4.78. The van der Waals surface area contributed by atoms with E-state index in [1.807, 2.05) is 11.8 Å². The zero-order valence-electron chi connectivity index (χ0n) is 10.7. The number of nitrogens with two attached hydrogens (primary N) is 1. The highest BCUT2D eigenvalue weighted by Gasteiger charge is 2.45. The van der Waals surface area contributed by atoms with Gasteiger partial charge in [0.1, 0.15) is 0 Å². The van der Waals surface area contributed by atoms with Crippen LogP contribution >= 0.6 is 11.8 Å². The van der Waals surface area contributed by atoms with Gasteiger partial charge in [0.05, 0.1) is 11.2 Å². The van der Waals surface area contributed by atoms with Crippen molar-refractivity contribution >= 4 is 11.8 Å². The zero-order chi connectivity index (χ0) is 11.7. The lowest BCUT2D eigenvalue weighted by Gasteiger charge is -2.27. The largest absolute Gasteiger partial charge is 0.369 e.